The molecule has 2 aliphatic rings. The molecule has 2 aliphatic heterocycles. The molecule has 0 saturated carbocycles. The summed E-state index contributed by atoms with van der Waals surface area (Å²) in [7, 11) is -1.69. The van der Waals surface area contributed by atoms with Crippen molar-refractivity contribution in [1.82, 2.24) is 29.5 Å². The van der Waals surface area contributed by atoms with Crippen molar-refractivity contribution in [2.75, 3.05) is 51.7 Å². The smallest absolute Gasteiger partial charge is 0.303 e. The molecule has 6 unspecified atom stereocenters. The van der Waals surface area contributed by atoms with Crippen LogP contribution < -0.4 is 10.6 Å². The monoisotopic (exact) mass is 1030 g/mol. The van der Waals surface area contributed by atoms with Gasteiger partial charge in [-0.1, -0.05) is 39.0 Å². The Kier molecular flexibility index (Phi) is 24.0. The minimum absolute atomic E-state index is 0.0512. The molecule has 5 rings (SSSR count). The average Bonchev–Trinajstić information content (AvgIpc) is 3.93. The quantitative estimate of drug-likeness (QED) is 0.0319. The lowest BCUT2D eigenvalue weighted by Gasteiger charge is -2.44. The van der Waals surface area contributed by atoms with Crippen LogP contribution in [0.2, 0.25) is 0 Å². The molecule has 72 heavy (non-hydrogen) atoms. The first kappa shape index (κ1) is 58.1. The maximum absolute atomic E-state index is 13.1. The number of imidazole rings is 1. The highest BCUT2D eigenvalue weighted by atomic mass is 31.2. The summed E-state index contributed by atoms with van der Waals surface area (Å²) in [6.07, 6.45) is 0.304. The Morgan fingerprint density at radius 3 is 2.21 bits per heavy atom. The molecule has 398 valence electrons. The first-order chi connectivity index (χ1) is 34.7. The third kappa shape index (κ3) is 16.6. The maximum atomic E-state index is 13.1. The van der Waals surface area contributed by atoms with E-state index in [1.54, 1.807) is 35.2 Å². The van der Waals surface area contributed by atoms with Crippen LogP contribution in [0.25, 0.3) is 11.2 Å². The molecule has 2 saturated heterocycles. The fraction of sp³-hybridized carbons (Fsp3) is 0.673. The summed E-state index contributed by atoms with van der Waals surface area (Å²) in [6.45, 7) is 17.9. The van der Waals surface area contributed by atoms with E-state index in [9.17, 15) is 24.4 Å². The molecule has 10 atom stereocenters. The number of ether oxygens (including phenoxy) is 8. The van der Waals surface area contributed by atoms with E-state index >= 15 is 0 Å². The molecule has 4 heterocycles. The molecule has 3 aromatic rings. The largest absolute Gasteiger partial charge is 0.458 e. The van der Waals surface area contributed by atoms with E-state index < -0.39 is 75.5 Å². The van der Waals surface area contributed by atoms with Crippen molar-refractivity contribution in [3.05, 3.63) is 48.5 Å². The summed E-state index contributed by atoms with van der Waals surface area (Å²) < 4.78 is 65.1. The zero-order valence-electron chi connectivity index (χ0n) is 42.9. The number of nitrogens with zero attached hydrogens (tertiary/aromatic N) is 6. The Hall–Kier alpha value is -4.79. The number of hydrogen-bond donors (Lipinski definition) is 2. The van der Waals surface area contributed by atoms with Crippen LogP contribution in [0.15, 0.2) is 43.0 Å². The molecule has 0 bridgehead atoms. The van der Waals surface area contributed by atoms with Gasteiger partial charge in [-0.2, -0.15) is 5.26 Å². The number of hydrogen-bond acceptors (Lipinski definition) is 19. The van der Waals surface area contributed by atoms with Crippen molar-refractivity contribution in [1.29, 1.82) is 5.26 Å². The molecule has 0 aliphatic carbocycles. The molecule has 0 radical (unpaired) electrons. The molecular weight excluding hydrogens is 956 g/mol. The number of esters is 2. The Morgan fingerprint density at radius 1 is 0.833 bits per heavy atom. The van der Waals surface area contributed by atoms with E-state index in [4.69, 9.17) is 46.9 Å². The number of fused-ring (bicyclic) bond motifs is 1. The van der Waals surface area contributed by atoms with Gasteiger partial charge in [0.1, 0.15) is 37.5 Å². The first-order valence-electron chi connectivity index (χ1n) is 24.8. The standard InChI is InChI=1S/C49H73N8O14P/c1-10-37-42(68-35(9)59)41(67-34(8)58)33(7)49(70-37)64-23-16-15-20-39(60)51-22-25-62-26-27-63-30-65-44-43(71-72(66-24-17-21-50)57(31(3)4)32(5)6)38(11-2)69-48(44)56-29-54-40-45(52-28-53-46(40)56)55-47(61)36-18-13-12-14-19-36/h12-14,18-19,28-29,31-33,37-38,41-44,48-49H,10-11,15-17,20,22-27,30H2,1-9H3,(H,51,60)(H,52,53,55,61)/t33?,37?,38-,41?,42?,43-,44-,48-,49?,72?/m1/s1. The van der Waals surface area contributed by atoms with Gasteiger partial charge < -0.3 is 57.6 Å². The van der Waals surface area contributed by atoms with Gasteiger partial charge in [0.05, 0.1) is 51.3 Å². The number of nitrogens with one attached hydrogen (secondary N) is 2. The predicted molar refractivity (Wildman–Crippen MR) is 263 cm³/mol. The van der Waals surface area contributed by atoms with E-state index in [1.165, 1.54) is 20.2 Å². The highest BCUT2D eigenvalue weighted by molar-refractivity contribution is 7.44. The minimum atomic E-state index is -1.69. The zero-order valence-corrected chi connectivity index (χ0v) is 43.8. The fourth-order valence-corrected chi connectivity index (χ4v) is 10.2. The highest BCUT2D eigenvalue weighted by Crippen LogP contribution is 2.51. The molecule has 22 nitrogen and oxygen atoms in total. The lowest BCUT2D eigenvalue weighted by atomic mass is 9.90. The zero-order chi connectivity index (χ0) is 52.2. The number of anilines is 1. The number of carbonyl (C=O) groups is 4. The summed E-state index contributed by atoms with van der Waals surface area (Å²) in [5.74, 6) is -1.62. The number of benzene rings is 1. The van der Waals surface area contributed by atoms with Crippen LogP contribution in [0.4, 0.5) is 5.82 Å². The Morgan fingerprint density at radius 2 is 1.53 bits per heavy atom. The molecule has 2 N–H and O–H groups in total. The van der Waals surface area contributed by atoms with Gasteiger partial charge in [0.2, 0.25) is 5.91 Å². The van der Waals surface area contributed by atoms with E-state index in [2.05, 4.69) is 64.0 Å². The van der Waals surface area contributed by atoms with Crippen LogP contribution in [0, 0.1) is 17.2 Å². The summed E-state index contributed by atoms with van der Waals surface area (Å²) in [4.78, 5) is 62.8. The Labute approximate surface area is 423 Å². The summed E-state index contributed by atoms with van der Waals surface area (Å²) >= 11 is 0. The van der Waals surface area contributed by atoms with Crippen LogP contribution in [-0.2, 0) is 61.3 Å². The summed E-state index contributed by atoms with van der Waals surface area (Å²) in [5, 5.41) is 15.0. The Bertz CT molecular complexity index is 2190. The second kappa shape index (κ2) is 29.8. The maximum Gasteiger partial charge on any atom is 0.303 e. The van der Waals surface area contributed by atoms with Crippen LogP contribution in [0.3, 0.4) is 0 Å². The van der Waals surface area contributed by atoms with Crippen molar-refractivity contribution in [2.45, 2.75) is 162 Å². The second-order valence-corrected chi connectivity index (χ2v) is 19.3. The Balaban J connectivity index is 1.12. The van der Waals surface area contributed by atoms with Gasteiger partial charge in [0.15, 0.2) is 35.6 Å². The van der Waals surface area contributed by atoms with Gasteiger partial charge >= 0.3 is 11.9 Å². The van der Waals surface area contributed by atoms with E-state index in [0.29, 0.717) is 55.6 Å². The number of carbonyl (C=O) groups excluding carboxylic acids is 4. The van der Waals surface area contributed by atoms with Crippen LogP contribution >= 0.6 is 8.53 Å². The summed E-state index contributed by atoms with van der Waals surface area (Å²) in [5.41, 5.74) is 1.21. The van der Waals surface area contributed by atoms with Crippen molar-refractivity contribution in [2.24, 2.45) is 5.92 Å². The SMILES string of the molecule is CCC1OC(OCCCCC(=O)NCCOCCOCO[C@@H]2[C@H](OP(OCCC#N)N(C(C)C)C(C)C)[C@@H](CC)O[C@H]2n2cnc3c(NC(=O)c4ccccc4)ncnc32)C(C)C(OC(C)=O)C1OC(C)=O. The van der Waals surface area contributed by atoms with E-state index in [1.807, 2.05) is 26.8 Å². The molecule has 2 fully saturated rings. The van der Waals surface area contributed by atoms with E-state index in [-0.39, 0.29) is 75.8 Å². The first-order valence-corrected chi connectivity index (χ1v) is 25.9. The van der Waals surface area contributed by atoms with Crippen molar-refractivity contribution >= 4 is 49.3 Å². The van der Waals surface area contributed by atoms with Gasteiger partial charge in [-0.25, -0.2) is 19.6 Å². The van der Waals surface area contributed by atoms with Crippen molar-refractivity contribution < 1.29 is 66.1 Å². The van der Waals surface area contributed by atoms with Crippen molar-refractivity contribution in [3.63, 3.8) is 0 Å². The van der Waals surface area contributed by atoms with Gasteiger partial charge in [-0.3, -0.25) is 23.7 Å². The normalized spacial score (nSPS) is 23.6. The fourth-order valence-electron chi connectivity index (χ4n) is 8.47. The molecule has 2 aromatic heterocycles. The van der Waals surface area contributed by atoms with Crippen molar-refractivity contribution in [3.8, 4) is 6.07 Å². The second-order valence-electron chi connectivity index (χ2n) is 17.9. The number of unbranched alkanes of at least 4 members (excludes halogenated alkanes) is 1. The lowest BCUT2D eigenvalue weighted by Crippen LogP contribution is -2.57. The third-order valence-electron chi connectivity index (χ3n) is 11.8. The van der Waals surface area contributed by atoms with Crippen LogP contribution in [0.1, 0.15) is 117 Å². The van der Waals surface area contributed by atoms with E-state index in [0.717, 1.165) is 0 Å². The van der Waals surface area contributed by atoms with Gasteiger partial charge in [-0.15, -0.1) is 0 Å². The molecule has 1 aromatic carbocycles. The van der Waals surface area contributed by atoms with Gasteiger partial charge in [0, 0.05) is 57.0 Å². The van der Waals surface area contributed by atoms with Crippen LogP contribution in [-0.4, -0.2) is 149 Å². The third-order valence-corrected chi connectivity index (χ3v) is 13.9. The highest BCUT2D eigenvalue weighted by Gasteiger charge is 2.50. The molecular formula is C49H73N8O14P. The predicted octanol–water partition coefficient (Wildman–Crippen LogP) is 6.36. The van der Waals surface area contributed by atoms with Gasteiger partial charge in [0.25, 0.3) is 14.4 Å². The summed E-state index contributed by atoms with van der Waals surface area (Å²) in [6, 6.07) is 11.0. The number of rotatable bonds is 30. The number of nitriles is 1. The molecule has 2 amide bonds. The lowest BCUT2D eigenvalue weighted by molar-refractivity contribution is -0.283. The molecule has 23 heteroatoms. The number of amides is 2. The number of aromatic nitrogens is 4. The van der Waals surface area contributed by atoms with Gasteiger partial charge in [-0.05, 0) is 65.5 Å². The van der Waals surface area contributed by atoms with Crippen LogP contribution in [0.5, 0.6) is 0 Å². The minimum Gasteiger partial charge on any atom is -0.458 e. The molecule has 0 spiro atoms. The topological polar surface area (TPSA) is 255 Å². The average molecular weight is 1030 g/mol.